The fraction of sp³-hybridized carbons (Fsp3) is 0.379. The van der Waals surface area contributed by atoms with Crippen LogP contribution in [0.15, 0.2) is 52.2 Å². The second-order valence-electron chi connectivity index (χ2n) is 10.7. The Hall–Kier alpha value is -3.85. The molecule has 242 valence electrons. The normalized spacial score (nSPS) is 15.9. The van der Waals surface area contributed by atoms with Gasteiger partial charge in [-0.05, 0) is 68.0 Å². The van der Waals surface area contributed by atoms with Crippen LogP contribution in [0.1, 0.15) is 43.9 Å². The molecule has 3 aromatic rings. The molecule has 0 bridgehead atoms. The van der Waals surface area contributed by atoms with Crippen LogP contribution in [-0.2, 0) is 37.2 Å². The highest BCUT2D eigenvalue weighted by molar-refractivity contribution is 7.89. The number of carboxylic acids is 1. The fourth-order valence-electron chi connectivity index (χ4n) is 5.16. The van der Waals surface area contributed by atoms with Crippen LogP contribution in [0.4, 0.5) is 0 Å². The van der Waals surface area contributed by atoms with Crippen molar-refractivity contribution in [2.45, 2.75) is 62.4 Å². The number of nitrogens with one attached hydrogen (secondary N) is 3. The van der Waals surface area contributed by atoms with E-state index in [4.69, 9.17) is 23.2 Å². The van der Waals surface area contributed by atoms with Gasteiger partial charge in [0.25, 0.3) is 0 Å². The predicted octanol–water partition coefficient (Wildman–Crippen LogP) is 2.60. The largest absolute Gasteiger partial charge is 0.493 e. The minimum atomic E-state index is -4.15. The number of carbonyl (C=O) groups excluding carboxylic acids is 2. The Morgan fingerprint density at radius 1 is 1.09 bits per heavy atom. The summed E-state index contributed by atoms with van der Waals surface area (Å²) in [5, 5.41) is 25.9. The topological polar surface area (TPSA) is 191 Å². The van der Waals surface area contributed by atoms with Crippen molar-refractivity contribution in [1.82, 2.24) is 24.5 Å². The lowest BCUT2D eigenvalue weighted by Gasteiger charge is -2.25. The third-order valence-corrected chi connectivity index (χ3v) is 9.69. The maximum atomic E-state index is 13.3. The van der Waals surface area contributed by atoms with Gasteiger partial charge in [-0.2, -0.15) is 4.31 Å². The molecule has 5 N–H and O–H groups in total. The van der Waals surface area contributed by atoms with Crippen molar-refractivity contribution >= 4 is 51.0 Å². The molecule has 4 rings (SSSR count). The number of hydrogen-bond donors (Lipinski definition) is 5. The molecule has 0 saturated carbocycles. The summed E-state index contributed by atoms with van der Waals surface area (Å²) in [6.07, 6.45) is 2.14. The second-order valence-corrected chi connectivity index (χ2v) is 13.4. The molecule has 2 aromatic carbocycles. The third-order valence-electron chi connectivity index (χ3n) is 7.37. The number of benzene rings is 2. The Morgan fingerprint density at radius 2 is 1.76 bits per heavy atom. The molecule has 45 heavy (non-hydrogen) atoms. The molecular weight excluding hydrogens is 649 g/mol. The fourth-order valence-corrected chi connectivity index (χ4v) is 7.55. The number of halogens is 2. The van der Waals surface area contributed by atoms with Crippen LogP contribution >= 0.6 is 23.2 Å². The Balaban J connectivity index is 1.43. The molecule has 13 nitrogen and oxygen atoms in total. The van der Waals surface area contributed by atoms with Crippen molar-refractivity contribution in [3.63, 3.8) is 0 Å². The lowest BCUT2D eigenvalue weighted by molar-refractivity contribution is -0.142. The average molecular weight is 683 g/mol. The van der Waals surface area contributed by atoms with Crippen LogP contribution in [0.5, 0.6) is 5.88 Å². The summed E-state index contributed by atoms with van der Waals surface area (Å²) < 4.78 is 28.7. The molecule has 0 unspecified atom stereocenters. The Bertz CT molecular complexity index is 1720. The number of carbonyl (C=O) groups is 3. The van der Waals surface area contributed by atoms with Gasteiger partial charge >= 0.3 is 11.7 Å². The minimum Gasteiger partial charge on any atom is -0.493 e. The van der Waals surface area contributed by atoms with Crippen molar-refractivity contribution in [3.8, 4) is 11.6 Å². The Kier molecular flexibility index (Phi) is 11.0. The molecule has 0 spiro atoms. The number of sulfonamides is 1. The quantitative estimate of drug-likeness (QED) is 0.170. The lowest BCUT2D eigenvalue weighted by atomic mass is 10.0. The number of aromatic nitrogens is 2. The van der Waals surface area contributed by atoms with Crippen LogP contribution in [0, 0.1) is 0 Å². The number of rotatable bonds is 13. The van der Waals surface area contributed by atoms with Gasteiger partial charge < -0.3 is 25.8 Å². The summed E-state index contributed by atoms with van der Waals surface area (Å²) in [6.45, 7) is 1.97. The molecule has 16 heteroatoms. The number of nitrogens with zero attached hydrogens (tertiary/aromatic N) is 2. The summed E-state index contributed by atoms with van der Waals surface area (Å²) in [6, 6.07) is 7.56. The first-order valence-electron chi connectivity index (χ1n) is 14.2. The molecular formula is C29H33Cl2N5O8S. The van der Waals surface area contributed by atoms with E-state index in [2.05, 4.69) is 15.6 Å². The van der Waals surface area contributed by atoms with Gasteiger partial charge in [0.1, 0.15) is 12.1 Å². The van der Waals surface area contributed by atoms with E-state index < -0.39 is 39.7 Å². The molecule has 2 heterocycles. The SMILES string of the molecule is CC(=O)NCCCCc1[nH]c(=O)n(-c2ccc(C[C@H](NC(=O)[C@H]3CCCN3S(=O)(=O)c3cc(Cl)cc(Cl)c3)C(=O)O)cc2)c1O. The number of hydrogen-bond acceptors (Lipinski definition) is 7. The van der Waals surface area contributed by atoms with Crippen molar-refractivity contribution in [2.24, 2.45) is 0 Å². The van der Waals surface area contributed by atoms with Crippen molar-refractivity contribution in [3.05, 3.63) is 74.3 Å². The second kappa shape index (κ2) is 14.5. The van der Waals surface area contributed by atoms with Gasteiger partial charge in [0.05, 0.1) is 16.3 Å². The summed E-state index contributed by atoms with van der Waals surface area (Å²) in [7, 11) is -4.15. The zero-order valence-corrected chi connectivity index (χ0v) is 26.6. The zero-order chi connectivity index (χ0) is 32.9. The summed E-state index contributed by atoms with van der Waals surface area (Å²) in [5.41, 5.74) is 0.647. The van der Waals surface area contributed by atoms with Gasteiger partial charge in [-0.1, -0.05) is 35.3 Å². The molecule has 1 aromatic heterocycles. The number of aromatic amines is 1. The lowest BCUT2D eigenvalue weighted by Crippen LogP contribution is -2.51. The van der Waals surface area contributed by atoms with Gasteiger partial charge in [0.15, 0.2) is 0 Å². The number of imidazole rings is 1. The van der Waals surface area contributed by atoms with Crippen LogP contribution in [0.3, 0.4) is 0 Å². The van der Waals surface area contributed by atoms with E-state index in [-0.39, 0.29) is 46.1 Å². The predicted molar refractivity (Wildman–Crippen MR) is 166 cm³/mol. The first-order chi connectivity index (χ1) is 21.3. The average Bonchev–Trinajstić information content (AvgIpc) is 3.57. The highest BCUT2D eigenvalue weighted by Gasteiger charge is 2.40. The summed E-state index contributed by atoms with van der Waals surface area (Å²) in [5.74, 6) is -2.45. The van der Waals surface area contributed by atoms with Crippen LogP contribution in [0.25, 0.3) is 5.69 Å². The van der Waals surface area contributed by atoms with E-state index in [9.17, 15) is 37.8 Å². The summed E-state index contributed by atoms with van der Waals surface area (Å²) in [4.78, 5) is 51.3. The smallest absolute Gasteiger partial charge is 0.333 e. The van der Waals surface area contributed by atoms with Crippen molar-refractivity contribution in [1.29, 1.82) is 0 Å². The van der Waals surface area contributed by atoms with Crippen LogP contribution in [0.2, 0.25) is 10.0 Å². The highest BCUT2D eigenvalue weighted by Crippen LogP contribution is 2.30. The number of carboxylic acid groups (broad SMARTS) is 1. The molecule has 0 radical (unpaired) electrons. The molecule has 1 saturated heterocycles. The van der Waals surface area contributed by atoms with E-state index in [0.29, 0.717) is 49.2 Å². The van der Waals surface area contributed by atoms with Gasteiger partial charge in [-0.25, -0.2) is 22.6 Å². The van der Waals surface area contributed by atoms with E-state index in [1.54, 1.807) is 12.1 Å². The van der Waals surface area contributed by atoms with Crippen LogP contribution in [-0.4, -0.2) is 75.4 Å². The van der Waals surface area contributed by atoms with Crippen molar-refractivity contribution in [2.75, 3.05) is 13.1 Å². The minimum absolute atomic E-state index is 0.0634. The highest BCUT2D eigenvalue weighted by atomic mass is 35.5. The molecule has 1 aliphatic rings. The number of aryl methyl sites for hydroxylation is 1. The molecule has 2 amide bonds. The van der Waals surface area contributed by atoms with Crippen molar-refractivity contribution < 1.29 is 33.0 Å². The van der Waals surface area contributed by atoms with E-state index >= 15 is 0 Å². The standard InChI is InChI=1S/C29H33Cl2N5O8S/c1-17(37)32-11-3-2-5-23-27(39)36(29(42)34-23)21-9-7-18(8-10-21)13-24(28(40)41)33-26(38)25-6-4-12-35(25)45(43,44)22-15-19(30)14-20(31)16-22/h7-10,14-16,24-25,39H,2-6,11-13H2,1H3,(H,32,37)(H,33,38)(H,34,42)(H,40,41)/t24-,25+/m0/s1. The van der Waals surface area contributed by atoms with Gasteiger partial charge in [-0.3, -0.25) is 9.59 Å². The van der Waals surface area contributed by atoms with E-state index in [0.717, 1.165) is 8.87 Å². The maximum absolute atomic E-state index is 13.3. The van der Waals surface area contributed by atoms with E-state index in [1.807, 2.05) is 0 Å². The van der Waals surface area contributed by atoms with E-state index in [1.165, 1.54) is 37.3 Å². The molecule has 0 aliphatic carbocycles. The molecule has 2 atom stereocenters. The first kappa shape index (κ1) is 34.0. The first-order valence-corrected chi connectivity index (χ1v) is 16.3. The maximum Gasteiger partial charge on any atom is 0.333 e. The van der Waals surface area contributed by atoms with Gasteiger partial charge in [-0.15, -0.1) is 0 Å². The number of amides is 2. The Labute approximate surface area is 269 Å². The third kappa shape index (κ3) is 8.25. The number of unbranched alkanes of at least 4 members (excludes halogenated alkanes) is 1. The molecule has 1 aliphatic heterocycles. The number of aromatic hydroxyl groups is 1. The van der Waals surface area contributed by atoms with Gasteiger partial charge in [0.2, 0.25) is 27.7 Å². The number of aliphatic carboxylic acids is 1. The monoisotopic (exact) mass is 681 g/mol. The summed E-state index contributed by atoms with van der Waals surface area (Å²) >= 11 is 12.0. The van der Waals surface area contributed by atoms with Gasteiger partial charge in [0, 0.05) is 36.5 Å². The Morgan fingerprint density at radius 3 is 2.38 bits per heavy atom. The zero-order valence-electron chi connectivity index (χ0n) is 24.3. The molecule has 1 fully saturated rings. The number of H-pyrrole nitrogens is 1. The van der Waals surface area contributed by atoms with Crippen LogP contribution < -0.4 is 16.3 Å².